The molecule has 10 nitrogen and oxygen atoms in total. The van der Waals surface area contributed by atoms with Gasteiger partial charge in [0.25, 0.3) is 0 Å². The lowest BCUT2D eigenvalue weighted by Gasteiger charge is -2.13. The number of methoxy groups -OCH3 is 1. The van der Waals surface area contributed by atoms with Crippen LogP contribution in [0.5, 0.6) is 5.75 Å². The largest absolute Gasteiger partial charge is 0.494 e. The van der Waals surface area contributed by atoms with Crippen molar-refractivity contribution in [1.29, 1.82) is 0 Å². The number of anilines is 2. The maximum Gasteiger partial charge on any atom is 0.346 e. The molecule has 0 fully saturated rings. The third-order valence-electron chi connectivity index (χ3n) is 4.71. The van der Waals surface area contributed by atoms with E-state index < -0.39 is 15.9 Å². The second kappa shape index (κ2) is 8.68. The van der Waals surface area contributed by atoms with E-state index in [2.05, 4.69) is 15.1 Å². The highest BCUT2D eigenvalue weighted by Crippen LogP contribution is 2.28. The molecule has 0 unspecified atom stereocenters. The average molecular weight is 423 g/mol. The molecule has 11 heteroatoms. The smallest absolute Gasteiger partial charge is 0.346 e. The third-order valence-corrected chi connectivity index (χ3v) is 6.00. The van der Waals surface area contributed by atoms with E-state index in [4.69, 9.17) is 4.74 Å². The van der Waals surface area contributed by atoms with Crippen LogP contribution in [-0.2, 0) is 34.3 Å². The van der Waals surface area contributed by atoms with Gasteiger partial charge < -0.3 is 10.1 Å². The number of ether oxygens (including phenoxy) is 1. The minimum absolute atomic E-state index is 0.0714. The summed E-state index contributed by atoms with van der Waals surface area (Å²) in [6.07, 6.45) is 3.71. The van der Waals surface area contributed by atoms with Crippen molar-refractivity contribution in [3.05, 3.63) is 34.5 Å². The lowest BCUT2D eigenvalue weighted by atomic mass is 10.2. The summed E-state index contributed by atoms with van der Waals surface area (Å²) in [7, 11) is -2.05. The standard InChI is InChI=1S/C18H25N5O5S/c1-3-29(26,27)21-14-9-8-13(11-15(14)28-2)19-17(24)12-23-18(25)22-10-6-4-5-7-16(22)20-23/h8-9,11,21H,3-7,10,12H2,1-2H3,(H,19,24). The van der Waals surface area contributed by atoms with Crippen LogP contribution in [0.25, 0.3) is 0 Å². The maximum atomic E-state index is 12.5. The Morgan fingerprint density at radius 1 is 1.28 bits per heavy atom. The van der Waals surface area contributed by atoms with Crippen LogP contribution >= 0.6 is 0 Å². The predicted octanol–water partition coefficient (Wildman–Crippen LogP) is 1.18. The van der Waals surface area contributed by atoms with Crippen LogP contribution in [0.2, 0.25) is 0 Å². The first-order valence-corrected chi connectivity index (χ1v) is 11.1. The number of hydrogen-bond donors (Lipinski definition) is 2. The Kier molecular flexibility index (Phi) is 6.26. The summed E-state index contributed by atoms with van der Waals surface area (Å²) < 4.78 is 34.0. The van der Waals surface area contributed by atoms with Crippen molar-refractivity contribution < 1.29 is 17.9 Å². The van der Waals surface area contributed by atoms with E-state index in [1.165, 1.54) is 30.8 Å². The van der Waals surface area contributed by atoms with Crippen molar-refractivity contribution in [3.8, 4) is 5.75 Å². The van der Waals surface area contributed by atoms with E-state index >= 15 is 0 Å². The quantitative estimate of drug-likeness (QED) is 0.689. The first-order chi connectivity index (χ1) is 13.8. The summed E-state index contributed by atoms with van der Waals surface area (Å²) in [5, 5.41) is 6.98. The fraction of sp³-hybridized carbons (Fsp3) is 0.500. The number of hydrogen-bond acceptors (Lipinski definition) is 6. The molecule has 1 amide bonds. The van der Waals surface area contributed by atoms with Crippen molar-refractivity contribution >= 4 is 27.3 Å². The number of nitrogens with one attached hydrogen (secondary N) is 2. The van der Waals surface area contributed by atoms with Crippen molar-refractivity contribution in [3.63, 3.8) is 0 Å². The molecule has 0 bridgehead atoms. The van der Waals surface area contributed by atoms with Gasteiger partial charge in [0.05, 0.1) is 18.6 Å². The molecule has 2 heterocycles. The van der Waals surface area contributed by atoms with Gasteiger partial charge in [-0.3, -0.25) is 14.1 Å². The van der Waals surface area contributed by atoms with Crippen LogP contribution in [0.4, 0.5) is 11.4 Å². The van der Waals surface area contributed by atoms with Crippen LogP contribution in [0.3, 0.4) is 0 Å². The van der Waals surface area contributed by atoms with Gasteiger partial charge in [0.15, 0.2) is 0 Å². The van der Waals surface area contributed by atoms with E-state index in [-0.39, 0.29) is 29.4 Å². The fourth-order valence-corrected chi connectivity index (χ4v) is 3.81. The summed E-state index contributed by atoms with van der Waals surface area (Å²) in [4.78, 5) is 24.9. The third kappa shape index (κ3) is 4.97. The zero-order chi connectivity index (χ0) is 21.0. The first kappa shape index (κ1) is 20.9. The van der Waals surface area contributed by atoms with Gasteiger partial charge in [-0.1, -0.05) is 6.42 Å². The molecule has 29 heavy (non-hydrogen) atoms. The maximum absolute atomic E-state index is 12.5. The molecule has 0 spiro atoms. The molecule has 1 aliphatic heterocycles. The van der Waals surface area contributed by atoms with E-state index in [1.807, 2.05) is 0 Å². The number of rotatable bonds is 7. The highest BCUT2D eigenvalue weighted by molar-refractivity contribution is 7.92. The molecular weight excluding hydrogens is 398 g/mol. The number of aryl methyl sites for hydroxylation is 1. The summed E-state index contributed by atoms with van der Waals surface area (Å²) in [5.74, 6) is 0.502. The summed E-state index contributed by atoms with van der Waals surface area (Å²) in [6.45, 7) is 1.95. The lowest BCUT2D eigenvalue weighted by molar-refractivity contribution is -0.117. The fourth-order valence-electron chi connectivity index (χ4n) is 3.16. The highest BCUT2D eigenvalue weighted by atomic mass is 32.2. The van der Waals surface area contributed by atoms with Crippen LogP contribution in [0, 0.1) is 0 Å². The van der Waals surface area contributed by atoms with Crippen molar-refractivity contribution in [2.75, 3.05) is 22.9 Å². The summed E-state index contributed by atoms with van der Waals surface area (Å²) in [5.41, 5.74) is 0.417. The second-order valence-corrected chi connectivity index (χ2v) is 8.80. The van der Waals surface area contributed by atoms with E-state index in [1.54, 1.807) is 10.6 Å². The van der Waals surface area contributed by atoms with Crippen LogP contribution < -0.4 is 20.5 Å². The van der Waals surface area contributed by atoms with Crippen molar-refractivity contribution in [1.82, 2.24) is 14.3 Å². The summed E-state index contributed by atoms with van der Waals surface area (Å²) in [6, 6.07) is 4.57. The average Bonchev–Trinajstić information content (AvgIpc) is 2.85. The van der Waals surface area contributed by atoms with Gasteiger partial charge in [0.1, 0.15) is 18.1 Å². The van der Waals surface area contributed by atoms with Crippen LogP contribution in [0.1, 0.15) is 32.0 Å². The monoisotopic (exact) mass is 423 g/mol. The SMILES string of the molecule is CCS(=O)(=O)Nc1ccc(NC(=O)Cn2nc3n(c2=O)CCCCC3)cc1OC. The molecule has 2 N–H and O–H groups in total. The Labute approximate surface area is 168 Å². The number of carbonyl (C=O) groups is 1. The van der Waals surface area contributed by atoms with E-state index in [0.29, 0.717) is 12.2 Å². The van der Waals surface area contributed by atoms with Crippen LogP contribution in [-0.4, -0.2) is 41.5 Å². The molecule has 0 aliphatic carbocycles. The van der Waals surface area contributed by atoms with Gasteiger partial charge in [-0.15, -0.1) is 0 Å². The van der Waals surface area contributed by atoms with Crippen molar-refractivity contribution in [2.45, 2.75) is 45.7 Å². The topological polar surface area (TPSA) is 124 Å². The lowest BCUT2D eigenvalue weighted by Crippen LogP contribution is -2.30. The number of sulfonamides is 1. The number of benzene rings is 1. The minimum Gasteiger partial charge on any atom is -0.494 e. The van der Waals surface area contributed by atoms with E-state index in [9.17, 15) is 18.0 Å². The molecule has 158 valence electrons. The number of nitrogens with zero attached hydrogens (tertiary/aromatic N) is 3. The van der Waals surface area contributed by atoms with Gasteiger partial charge in [-0.05, 0) is 31.9 Å². The van der Waals surface area contributed by atoms with Gasteiger partial charge in [0.2, 0.25) is 15.9 Å². The Hall–Kier alpha value is -2.82. The minimum atomic E-state index is -3.46. The molecular formula is C18H25N5O5S. The van der Waals surface area contributed by atoms with Gasteiger partial charge in [-0.2, -0.15) is 5.10 Å². The first-order valence-electron chi connectivity index (χ1n) is 9.48. The molecule has 0 radical (unpaired) electrons. The van der Waals surface area contributed by atoms with Gasteiger partial charge >= 0.3 is 5.69 Å². The van der Waals surface area contributed by atoms with Gasteiger partial charge in [0, 0.05) is 24.7 Å². The Morgan fingerprint density at radius 3 is 2.79 bits per heavy atom. The summed E-state index contributed by atoms with van der Waals surface area (Å²) >= 11 is 0. The molecule has 1 aliphatic rings. The Balaban J connectivity index is 1.72. The molecule has 2 aromatic rings. The molecule has 1 aromatic carbocycles. The zero-order valence-electron chi connectivity index (χ0n) is 16.5. The number of fused-ring (bicyclic) bond motifs is 1. The predicted molar refractivity (Wildman–Crippen MR) is 109 cm³/mol. The number of amides is 1. The number of aromatic nitrogens is 3. The molecule has 3 rings (SSSR count). The molecule has 1 aromatic heterocycles. The van der Waals surface area contributed by atoms with E-state index in [0.717, 1.165) is 31.5 Å². The normalized spacial score (nSPS) is 14.0. The van der Waals surface area contributed by atoms with Crippen molar-refractivity contribution in [2.24, 2.45) is 0 Å². The highest BCUT2D eigenvalue weighted by Gasteiger charge is 2.18. The Morgan fingerprint density at radius 2 is 2.07 bits per heavy atom. The molecule has 0 saturated heterocycles. The number of carbonyl (C=O) groups excluding carboxylic acids is 1. The van der Waals surface area contributed by atoms with Gasteiger partial charge in [-0.25, -0.2) is 17.9 Å². The second-order valence-electron chi connectivity index (χ2n) is 6.79. The Bertz CT molecular complexity index is 1060. The van der Waals surface area contributed by atoms with Crippen LogP contribution in [0.15, 0.2) is 23.0 Å². The molecule has 0 atom stereocenters. The molecule has 0 saturated carbocycles. The zero-order valence-corrected chi connectivity index (χ0v) is 17.3.